The van der Waals surface area contributed by atoms with Crippen LogP contribution in [0.15, 0.2) is 30.3 Å². The first-order valence-electron chi connectivity index (χ1n) is 9.75. The van der Waals surface area contributed by atoms with E-state index in [9.17, 15) is 4.79 Å². The molecule has 3 heteroatoms. The van der Waals surface area contributed by atoms with E-state index in [0.29, 0.717) is 5.78 Å². The van der Waals surface area contributed by atoms with Crippen LogP contribution < -0.4 is 10.1 Å². The predicted octanol–water partition coefficient (Wildman–Crippen LogP) is 4.53. The Hall–Kier alpha value is -1.77. The second-order valence-electron chi connectivity index (χ2n) is 9.35. The molecule has 3 nitrogen and oxygen atoms in total. The SMILES string of the molecule is CC1(C)N/C(=C\C(=O)C23CC4CC(CC(C4)C2)C3)c2ccccc2O1. The number of fused-ring (bicyclic) bond motifs is 1. The lowest BCUT2D eigenvalue weighted by atomic mass is 9.48. The van der Waals surface area contributed by atoms with Gasteiger partial charge >= 0.3 is 0 Å². The first-order valence-corrected chi connectivity index (χ1v) is 9.75. The van der Waals surface area contributed by atoms with Crippen LogP contribution in [0.3, 0.4) is 0 Å². The molecule has 1 aromatic rings. The number of para-hydroxylation sites is 1. The summed E-state index contributed by atoms with van der Waals surface area (Å²) in [7, 11) is 0. The standard InChI is InChI=1S/C22H27NO2/c1-21(2)23-18(17-5-3-4-6-19(17)25-21)10-20(24)22-11-14-7-15(12-22)9-16(8-14)13-22/h3-6,10,14-16,23H,7-9,11-13H2,1-2H3/b18-10-. The first-order chi connectivity index (χ1) is 11.9. The largest absolute Gasteiger partial charge is 0.468 e. The van der Waals surface area contributed by atoms with Crippen LogP contribution in [0.1, 0.15) is 57.9 Å². The minimum absolute atomic E-state index is 0.0825. The molecule has 0 atom stereocenters. The minimum Gasteiger partial charge on any atom is -0.468 e. The van der Waals surface area contributed by atoms with Gasteiger partial charge in [-0.2, -0.15) is 0 Å². The molecule has 0 amide bonds. The summed E-state index contributed by atoms with van der Waals surface area (Å²) < 4.78 is 6.02. The molecule has 1 aromatic carbocycles. The highest BCUT2D eigenvalue weighted by atomic mass is 16.5. The van der Waals surface area contributed by atoms with E-state index in [2.05, 4.69) is 5.32 Å². The number of carbonyl (C=O) groups is 1. The fraction of sp³-hybridized carbons (Fsp3) is 0.591. The zero-order chi connectivity index (χ0) is 17.2. The lowest BCUT2D eigenvalue weighted by molar-refractivity contribution is -0.138. The topological polar surface area (TPSA) is 38.3 Å². The quantitative estimate of drug-likeness (QED) is 0.806. The number of carbonyl (C=O) groups excluding carboxylic acids is 1. The van der Waals surface area contributed by atoms with Crippen molar-refractivity contribution >= 4 is 11.5 Å². The monoisotopic (exact) mass is 337 g/mol. The van der Waals surface area contributed by atoms with Gasteiger partial charge < -0.3 is 10.1 Å². The highest BCUT2D eigenvalue weighted by Crippen LogP contribution is 2.60. The molecule has 6 rings (SSSR count). The molecule has 1 aliphatic heterocycles. The lowest BCUT2D eigenvalue weighted by Gasteiger charge is -2.55. The molecule has 0 spiro atoms. The summed E-state index contributed by atoms with van der Waals surface area (Å²) in [6, 6.07) is 8.02. The van der Waals surface area contributed by atoms with Gasteiger partial charge in [-0.1, -0.05) is 12.1 Å². The fourth-order valence-electron chi connectivity index (χ4n) is 6.28. The Morgan fingerprint density at radius 2 is 1.68 bits per heavy atom. The van der Waals surface area contributed by atoms with Crippen LogP contribution in [0.2, 0.25) is 0 Å². The molecule has 1 N–H and O–H groups in total. The normalized spacial score (nSPS) is 38.8. The number of ether oxygens (including phenoxy) is 1. The summed E-state index contributed by atoms with van der Waals surface area (Å²) in [5.41, 5.74) is 1.34. The molecule has 0 radical (unpaired) electrons. The molecular formula is C22H27NO2. The number of hydrogen-bond acceptors (Lipinski definition) is 3. The molecule has 0 unspecified atom stereocenters. The maximum absolute atomic E-state index is 13.4. The van der Waals surface area contributed by atoms with Gasteiger partial charge in [-0.05, 0) is 82.3 Å². The van der Waals surface area contributed by atoms with Crippen LogP contribution in [0.4, 0.5) is 0 Å². The van der Waals surface area contributed by atoms with Crippen molar-refractivity contribution in [2.24, 2.45) is 23.2 Å². The van der Waals surface area contributed by atoms with E-state index in [1.54, 1.807) is 0 Å². The third kappa shape index (κ3) is 2.51. The average molecular weight is 337 g/mol. The summed E-state index contributed by atoms with van der Waals surface area (Å²) >= 11 is 0. The molecule has 25 heavy (non-hydrogen) atoms. The van der Waals surface area contributed by atoms with E-state index in [4.69, 9.17) is 4.74 Å². The Bertz CT molecular complexity index is 726. The van der Waals surface area contributed by atoms with E-state index in [1.165, 1.54) is 19.3 Å². The van der Waals surface area contributed by atoms with Crippen molar-refractivity contribution < 1.29 is 9.53 Å². The highest BCUT2D eigenvalue weighted by molar-refractivity contribution is 6.01. The molecule has 132 valence electrons. The van der Waals surface area contributed by atoms with E-state index in [-0.39, 0.29) is 5.41 Å². The van der Waals surface area contributed by atoms with Gasteiger partial charge in [0.2, 0.25) is 0 Å². The minimum atomic E-state index is -0.498. The van der Waals surface area contributed by atoms with Crippen LogP contribution in [-0.4, -0.2) is 11.5 Å². The summed E-state index contributed by atoms with van der Waals surface area (Å²) in [5.74, 6) is 3.58. The van der Waals surface area contributed by atoms with Crippen LogP contribution in [0.25, 0.3) is 5.70 Å². The summed E-state index contributed by atoms with van der Waals surface area (Å²) in [5, 5.41) is 3.43. The van der Waals surface area contributed by atoms with Crippen LogP contribution in [0, 0.1) is 23.2 Å². The Balaban J connectivity index is 1.51. The smallest absolute Gasteiger partial charge is 0.175 e. The van der Waals surface area contributed by atoms with Crippen molar-refractivity contribution in [3.63, 3.8) is 0 Å². The molecule has 4 aliphatic carbocycles. The molecule has 4 fully saturated rings. The molecule has 1 heterocycles. The van der Waals surface area contributed by atoms with E-state index < -0.39 is 5.72 Å². The summed E-state index contributed by atoms with van der Waals surface area (Å²) in [6.07, 6.45) is 9.34. The van der Waals surface area contributed by atoms with Gasteiger partial charge in [-0.15, -0.1) is 0 Å². The Kier molecular flexibility index (Phi) is 3.17. The number of nitrogens with one attached hydrogen (secondary N) is 1. The van der Waals surface area contributed by atoms with Gasteiger partial charge in [-0.25, -0.2) is 0 Å². The fourth-order valence-corrected chi connectivity index (χ4v) is 6.28. The zero-order valence-electron chi connectivity index (χ0n) is 15.2. The van der Waals surface area contributed by atoms with E-state index >= 15 is 0 Å². The number of ketones is 1. The summed E-state index contributed by atoms with van der Waals surface area (Å²) in [4.78, 5) is 13.4. The Labute approximate surface area is 149 Å². The predicted molar refractivity (Wildman–Crippen MR) is 97.9 cm³/mol. The molecule has 0 aromatic heterocycles. The lowest BCUT2D eigenvalue weighted by Crippen LogP contribution is -2.50. The van der Waals surface area contributed by atoms with Gasteiger partial charge in [0, 0.05) is 17.1 Å². The van der Waals surface area contributed by atoms with Gasteiger partial charge in [0.1, 0.15) is 5.75 Å². The van der Waals surface area contributed by atoms with Crippen LogP contribution in [0.5, 0.6) is 5.75 Å². The van der Waals surface area contributed by atoms with Crippen molar-refractivity contribution in [3.8, 4) is 5.75 Å². The third-order valence-electron chi connectivity index (χ3n) is 6.81. The van der Waals surface area contributed by atoms with Crippen LogP contribution in [-0.2, 0) is 4.79 Å². The number of benzene rings is 1. The summed E-state index contributed by atoms with van der Waals surface area (Å²) in [6.45, 7) is 4.01. The Morgan fingerprint density at radius 1 is 1.08 bits per heavy atom. The Morgan fingerprint density at radius 3 is 2.32 bits per heavy atom. The molecule has 0 saturated heterocycles. The van der Waals surface area contributed by atoms with E-state index in [0.717, 1.165) is 54.0 Å². The third-order valence-corrected chi connectivity index (χ3v) is 6.81. The van der Waals surface area contributed by atoms with Gasteiger partial charge in [0.15, 0.2) is 11.5 Å². The second-order valence-corrected chi connectivity index (χ2v) is 9.35. The zero-order valence-corrected chi connectivity index (χ0v) is 15.2. The van der Waals surface area contributed by atoms with Gasteiger partial charge in [0.25, 0.3) is 0 Å². The molecule has 4 bridgehead atoms. The molecule has 5 aliphatic rings. The van der Waals surface area contributed by atoms with Crippen molar-refractivity contribution in [1.82, 2.24) is 5.32 Å². The van der Waals surface area contributed by atoms with Crippen molar-refractivity contribution in [2.75, 3.05) is 0 Å². The molecular weight excluding hydrogens is 310 g/mol. The van der Waals surface area contributed by atoms with Crippen molar-refractivity contribution in [2.45, 2.75) is 58.1 Å². The number of hydrogen-bond donors (Lipinski definition) is 1. The first kappa shape index (κ1) is 15.5. The maximum Gasteiger partial charge on any atom is 0.175 e. The van der Waals surface area contributed by atoms with Crippen LogP contribution >= 0.6 is 0 Å². The van der Waals surface area contributed by atoms with Gasteiger partial charge in [0.05, 0.1) is 5.70 Å². The van der Waals surface area contributed by atoms with Crippen molar-refractivity contribution in [3.05, 3.63) is 35.9 Å². The van der Waals surface area contributed by atoms with E-state index in [1.807, 2.05) is 44.2 Å². The maximum atomic E-state index is 13.4. The van der Waals surface area contributed by atoms with Gasteiger partial charge in [-0.3, -0.25) is 4.79 Å². The number of allylic oxidation sites excluding steroid dienone is 1. The second kappa shape index (κ2) is 5.12. The number of rotatable bonds is 2. The van der Waals surface area contributed by atoms with Crippen molar-refractivity contribution in [1.29, 1.82) is 0 Å². The molecule has 4 saturated carbocycles. The highest BCUT2D eigenvalue weighted by Gasteiger charge is 2.54. The average Bonchev–Trinajstić information content (AvgIpc) is 2.52.